The number of hydrogen-bond donors (Lipinski definition) is 2. The molecule has 0 spiro atoms. The topological polar surface area (TPSA) is 129 Å². The van der Waals surface area contributed by atoms with Gasteiger partial charge in [0.05, 0.1) is 11.4 Å². The molecule has 3 N–H and O–H groups in total. The highest BCUT2D eigenvalue weighted by Gasteiger charge is 2.16. The summed E-state index contributed by atoms with van der Waals surface area (Å²) in [6, 6.07) is 17.3. The average Bonchev–Trinajstić information content (AvgIpc) is 3.36. The molecule has 0 fully saturated rings. The Kier molecular flexibility index (Phi) is 7.01. The van der Waals surface area contributed by atoms with Crippen molar-refractivity contribution in [2.45, 2.75) is 18.1 Å². The zero-order valence-electron chi connectivity index (χ0n) is 19.0. The van der Waals surface area contributed by atoms with Crippen molar-refractivity contribution >= 4 is 51.0 Å². The van der Waals surface area contributed by atoms with Crippen LogP contribution in [0.5, 0.6) is 0 Å². The number of aryl methyl sites for hydroxylation is 1. The quantitative estimate of drug-likeness (QED) is 0.181. The van der Waals surface area contributed by atoms with Gasteiger partial charge < -0.3 is 11.1 Å². The molecule has 3 heterocycles. The summed E-state index contributed by atoms with van der Waals surface area (Å²) in [4.78, 5) is 43.2. The largest absolute Gasteiger partial charge is 0.399 e. The molecule has 2 aromatic carbocycles. The molecule has 0 saturated heterocycles. The number of rotatable bonds is 8. The van der Waals surface area contributed by atoms with Gasteiger partial charge in [0, 0.05) is 35.6 Å². The van der Waals surface area contributed by atoms with Crippen molar-refractivity contribution in [2.24, 2.45) is 0 Å². The fourth-order valence-electron chi connectivity index (χ4n) is 3.57. The Morgan fingerprint density at radius 1 is 1.06 bits per heavy atom. The number of amides is 1. The molecular weight excluding hydrogens is 494 g/mol. The molecule has 0 bridgehead atoms. The number of aromatic nitrogens is 5. The van der Waals surface area contributed by atoms with Gasteiger partial charge in [-0.1, -0.05) is 54.2 Å². The molecule has 0 aliphatic carbocycles. The Balaban J connectivity index is 1.31. The highest BCUT2D eigenvalue weighted by molar-refractivity contribution is 7.99. The van der Waals surface area contributed by atoms with Crippen LogP contribution in [0, 0.1) is 0 Å². The lowest BCUT2D eigenvalue weighted by Gasteiger charge is -2.12. The van der Waals surface area contributed by atoms with Gasteiger partial charge in [-0.3, -0.25) is 14.2 Å². The van der Waals surface area contributed by atoms with Gasteiger partial charge in [0.2, 0.25) is 5.91 Å². The molecule has 180 valence electrons. The van der Waals surface area contributed by atoms with Crippen LogP contribution >= 0.6 is 23.1 Å². The Hall–Kier alpha value is -4.09. The van der Waals surface area contributed by atoms with E-state index in [-0.39, 0.29) is 28.4 Å². The van der Waals surface area contributed by atoms with Crippen LogP contribution < -0.4 is 16.6 Å². The van der Waals surface area contributed by atoms with Crippen LogP contribution in [-0.2, 0) is 17.8 Å². The van der Waals surface area contributed by atoms with Crippen LogP contribution in [0.3, 0.4) is 0 Å². The van der Waals surface area contributed by atoms with Crippen molar-refractivity contribution < 1.29 is 4.79 Å². The van der Waals surface area contributed by atoms with Gasteiger partial charge in [0.15, 0.2) is 21.5 Å². The molecule has 5 aromatic rings. The van der Waals surface area contributed by atoms with E-state index in [4.69, 9.17) is 5.73 Å². The van der Waals surface area contributed by atoms with Crippen molar-refractivity contribution in [2.75, 3.05) is 16.8 Å². The summed E-state index contributed by atoms with van der Waals surface area (Å²) in [6.07, 6.45) is 3.60. The number of nitrogens with zero attached hydrogens (tertiary/aromatic N) is 5. The molecule has 0 saturated carbocycles. The van der Waals surface area contributed by atoms with E-state index >= 15 is 0 Å². The highest BCUT2D eigenvalue weighted by Crippen LogP contribution is 2.26. The second-order valence-corrected chi connectivity index (χ2v) is 9.62. The van der Waals surface area contributed by atoms with E-state index in [1.54, 1.807) is 4.57 Å². The minimum absolute atomic E-state index is 0.0523. The van der Waals surface area contributed by atoms with Gasteiger partial charge in [0.25, 0.3) is 5.56 Å². The van der Waals surface area contributed by atoms with E-state index in [2.05, 4.69) is 25.3 Å². The third-order valence-corrected chi connectivity index (χ3v) is 7.03. The number of thiazole rings is 1. The Morgan fingerprint density at radius 2 is 1.89 bits per heavy atom. The minimum Gasteiger partial charge on any atom is -0.399 e. The zero-order chi connectivity index (χ0) is 24.9. The molecule has 0 atom stereocenters. The first-order valence-corrected chi connectivity index (χ1v) is 12.9. The molecule has 36 heavy (non-hydrogen) atoms. The molecule has 0 aliphatic rings. The number of nitrogen functional groups attached to an aromatic ring is 1. The van der Waals surface area contributed by atoms with Crippen LogP contribution in [0.15, 0.2) is 82.3 Å². The van der Waals surface area contributed by atoms with Crippen LogP contribution in [0.1, 0.15) is 5.56 Å². The second kappa shape index (κ2) is 10.7. The maximum atomic E-state index is 13.2. The van der Waals surface area contributed by atoms with Crippen molar-refractivity contribution in [1.82, 2.24) is 24.5 Å². The molecular formula is C25H21N7O2S2. The maximum Gasteiger partial charge on any atom is 0.282 e. The van der Waals surface area contributed by atoms with Gasteiger partial charge in [0.1, 0.15) is 0 Å². The number of fused-ring (bicyclic) bond motifs is 1. The van der Waals surface area contributed by atoms with Crippen molar-refractivity contribution in [3.05, 3.63) is 88.3 Å². The molecule has 0 unspecified atom stereocenters. The Bertz CT molecular complexity index is 1580. The van der Waals surface area contributed by atoms with Crippen molar-refractivity contribution in [1.29, 1.82) is 0 Å². The molecule has 9 nitrogen and oxygen atoms in total. The monoisotopic (exact) mass is 515 g/mol. The predicted molar refractivity (Wildman–Crippen MR) is 143 cm³/mol. The first kappa shape index (κ1) is 23.6. The number of nitrogens with one attached hydrogen (secondary N) is 1. The summed E-state index contributed by atoms with van der Waals surface area (Å²) in [5.41, 5.74) is 9.39. The number of hydrogen-bond acceptors (Lipinski definition) is 9. The van der Waals surface area contributed by atoms with Gasteiger partial charge in [-0.2, -0.15) is 0 Å². The van der Waals surface area contributed by atoms with Gasteiger partial charge in [-0.15, -0.1) is 11.3 Å². The number of carbonyl (C=O) groups excluding carboxylic acids is 1. The molecule has 1 amide bonds. The normalized spacial score (nSPS) is 11.0. The molecule has 5 rings (SSSR count). The fraction of sp³-hybridized carbons (Fsp3) is 0.120. The summed E-state index contributed by atoms with van der Waals surface area (Å²) >= 11 is 2.51. The van der Waals surface area contributed by atoms with E-state index in [1.807, 2.05) is 60.0 Å². The van der Waals surface area contributed by atoms with Crippen LogP contribution in [0.2, 0.25) is 0 Å². The van der Waals surface area contributed by atoms with Crippen LogP contribution in [0.25, 0.3) is 22.4 Å². The van der Waals surface area contributed by atoms with Gasteiger partial charge in [-0.05, 0) is 24.1 Å². The Morgan fingerprint density at radius 3 is 2.72 bits per heavy atom. The number of anilines is 2. The highest BCUT2D eigenvalue weighted by atomic mass is 32.2. The van der Waals surface area contributed by atoms with E-state index < -0.39 is 0 Å². The fourth-order valence-corrected chi connectivity index (χ4v) is 5.12. The predicted octanol–water partition coefficient (Wildman–Crippen LogP) is 3.87. The second-order valence-electron chi connectivity index (χ2n) is 7.82. The molecule has 0 radical (unpaired) electrons. The van der Waals surface area contributed by atoms with E-state index in [9.17, 15) is 9.59 Å². The zero-order valence-corrected chi connectivity index (χ0v) is 20.6. The van der Waals surface area contributed by atoms with Crippen LogP contribution in [-0.4, -0.2) is 36.2 Å². The number of nitrogens with two attached hydrogens (primary N) is 1. The smallest absolute Gasteiger partial charge is 0.282 e. The lowest BCUT2D eigenvalue weighted by atomic mass is 10.1. The summed E-state index contributed by atoms with van der Waals surface area (Å²) in [5, 5.41) is 5.58. The van der Waals surface area contributed by atoms with E-state index in [0.29, 0.717) is 28.9 Å². The maximum absolute atomic E-state index is 13.2. The lowest BCUT2D eigenvalue weighted by Crippen LogP contribution is -2.26. The number of carbonyl (C=O) groups is 1. The summed E-state index contributed by atoms with van der Waals surface area (Å²) in [7, 11) is 0. The van der Waals surface area contributed by atoms with Crippen molar-refractivity contribution in [3.8, 4) is 11.3 Å². The summed E-state index contributed by atoms with van der Waals surface area (Å²) in [6.45, 7) is 0.405. The minimum atomic E-state index is -0.279. The van der Waals surface area contributed by atoms with Crippen molar-refractivity contribution in [3.63, 3.8) is 0 Å². The molecule has 0 aliphatic heterocycles. The first-order chi connectivity index (χ1) is 17.6. The third-order valence-electron chi connectivity index (χ3n) is 5.29. The Labute approximate surface area is 214 Å². The standard InChI is InChI=1S/C25H21N7O2S2/c26-18-8-4-7-17(13-18)19-14-35-24(29-19)30-20(33)15-36-25-31-22-21(27-10-11-28-22)23(34)32(25)12-9-16-5-2-1-3-6-16/h1-8,10-11,13-14H,9,12,15,26H2,(H,29,30,33). The van der Waals surface area contributed by atoms with Crippen LogP contribution in [0.4, 0.5) is 10.8 Å². The summed E-state index contributed by atoms with van der Waals surface area (Å²) < 4.78 is 1.56. The number of thioether (sulfide) groups is 1. The average molecular weight is 516 g/mol. The van der Waals surface area contributed by atoms with E-state index in [0.717, 1.165) is 16.8 Å². The SMILES string of the molecule is Nc1cccc(-c2csc(NC(=O)CSc3nc4nccnc4c(=O)n3CCc3ccccc3)n2)c1. The third kappa shape index (κ3) is 5.42. The first-order valence-electron chi connectivity index (χ1n) is 11.1. The summed E-state index contributed by atoms with van der Waals surface area (Å²) in [5.74, 6) is -0.201. The number of benzene rings is 2. The van der Waals surface area contributed by atoms with E-state index in [1.165, 1.54) is 35.5 Å². The molecule has 3 aromatic heterocycles. The molecule has 11 heteroatoms. The van der Waals surface area contributed by atoms with Gasteiger partial charge >= 0.3 is 0 Å². The lowest BCUT2D eigenvalue weighted by molar-refractivity contribution is -0.113. The van der Waals surface area contributed by atoms with Gasteiger partial charge in [-0.25, -0.2) is 19.9 Å².